The molecule has 0 saturated carbocycles. The van der Waals surface area contributed by atoms with Gasteiger partial charge in [0.25, 0.3) is 0 Å². The first-order valence-electron chi connectivity index (χ1n) is 14.1. The van der Waals surface area contributed by atoms with Crippen LogP contribution in [-0.4, -0.2) is 57.3 Å². The number of alkyl carbamates (subject to hydrolysis) is 1. The number of carbonyl (C=O) groups is 1. The molecule has 9 heteroatoms. The van der Waals surface area contributed by atoms with E-state index in [9.17, 15) is 13.2 Å². The van der Waals surface area contributed by atoms with Crippen LogP contribution in [0.4, 0.5) is 4.79 Å². The van der Waals surface area contributed by atoms with Crippen LogP contribution in [0.1, 0.15) is 80.7 Å². The quantitative estimate of drug-likeness (QED) is 0.139. The molecule has 1 amide bonds. The van der Waals surface area contributed by atoms with Gasteiger partial charge < -0.3 is 14.8 Å². The first kappa shape index (κ1) is 43.3. The predicted octanol–water partition coefficient (Wildman–Crippen LogP) is 8.11. The van der Waals surface area contributed by atoms with Gasteiger partial charge in [-0.15, -0.1) is 12.8 Å². The molecule has 41 heavy (non-hydrogen) atoms. The number of halogens is 1. The first-order chi connectivity index (χ1) is 19.1. The molecule has 7 nitrogen and oxygen atoms in total. The molecule has 0 aliphatic rings. The Hall–Kier alpha value is -2.12. The molecule has 0 aromatic heterocycles. The molecular formula is C32H55BrN2O5S. The Bertz CT molecular complexity index is 974. The summed E-state index contributed by atoms with van der Waals surface area (Å²) in [5, 5.41) is 2.67. The maximum atomic E-state index is 13.2. The van der Waals surface area contributed by atoms with E-state index in [-0.39, 0.29) is 16.9 Å². The molecular weight excluding hydrogens is 604 g/mol. The predicted molar refractivity (Wildman–Crippen MR) is 178 cm³/mol. The summed E-state index contributed by atoms with van der Waals surface area (Å²) in [6.45, 7) is 20.2. The minimum absolute atomic E-state index is 0.174. The van der Waals surface area contributed by atoms with Crippen molar-refractivity contribution in [2.24, 2.45) is 5.92 Å². The van der Waals surface area contributed by atoms with Crippen LogP contribution in [0.3, 0.4) is 0 Å². The highest BCUT2D eigenvalue weighted by Crippen LogP contribution is 2.18. The molecule has 1 atom stereocenters. The van der Waals surface area contributed by atoms with Crippen molar-refractivity contribution < 1.29 is 22.7 Å². The van der Waals surface area contributed by atoms with Gasteiger partial charge in [0.1, 0.15) is 5.60 Å². The van der Waals surface area contributed by atoms with Crippen LogP contribution in [0.15, 0.2) is 51.9 Å². The number of sulfonamides is 1. The monoisotopic (exact) mass is 658 g/mol. The van der Waals surface area contributed by atoms with E-state index >= 15 is 0 Å². The zero-order valence-corrected chi connectivity index (χ0v) is 29.6. The molecule has 1 N–H and O–H groups in total. The van der Waals surface area contributed by atoms with Crippen molar-refractivity contribution in [3.05, 3.63) is 57.4 Å². The molecule has 1 aromatic rings. The van der Waals surface area contributed by atoms with Crippen LogP contribution in [0, 0.1) is 25.7 Å². The lowest BCUT2D eigenvalue weighted by atomic mass is 10.2. The highest BCUT2D eigenvalue weighted by molar-refractivity contribution is 9.10. The summed E-state index contributed by atoms with van der Waals surface area (Å²) in [5.74, 6) is 0.174. The van der Waals surface area contributed by atoms with Gasteiger partial charge in [0, 0.05) is 31.2 Å². The van der Waals surface area contributed by atoms with Crippen LogP contribution >= 0.6 is 15.9 Å². The van der Waals surface area contributed by atoms with Gasteiger partial charge >= 0.3 is 6.09 Å². The fourth-order valence-corrected chi connectivity index (χ4v) is 4.98. The topological polar surface area (TPSA) is 84.9 Å². The maximum Gasteiger partial charge on any atom is 0.407 e. The zero-order chi connectivity index (χ0) is 32.6. The van der Waals surface area contributed by atoms with Crippen LogP contribution in [0.25, 0.3) is 0 Å². The normalized spacial score (nSPS) is 12.3. The lowest BCUT2D eigenvalue weighted by Gasteiger charge is -2.25. The van der Waals surface area contributed by atoms with Crippen LogP contribution in [-0.2, 0) is 19.5 Å². The van der Waals surface area contributed by atoms with E-state index in [1.165, 1.54) is 9.87 Å². The summed E-state index contributed by atoms with van der Waals surface area (Å²) in [6, 6.07) is 8.22. The minimum atomic E-state index is -3.65. The summed E-state index contributed by atoms with van der Waals surface area (Å²) < 4.78 is 39.5. The Labute approximate surface area is 260 Å². The number of amides is 1. The third kappa shape index (κ3) is 23.2. The second-order valence-corrected chi connectivity index (χ2v) is 13.0. The van der Waals surface area contributed by atoms with E-state index in [1.54, 1.807) is 46.1 Å². The van der Waals surface area contributed by atoms with Gasteiger partial charge in [0.15, 0.2) is 0 Å². The van der Waals surface area contributed by atoms with Crippen molar-refractivity contribution in [1.82, 2.24) is 9.62 Å². The lowest BCUT2D eigenvalue weighted by Crippen LogP contribution is -2.38. The van der Waals surface area contributed by atoms with E-state index in [4.69, 9.17) is 9.47 Å². The number of terminal acetylenes is 1. The fraction of sp³-hybridized carbons (Fsp3) is 0.594. The van der Waals surface area contributed by atoms with E-state index < -0.39 is 21.7 Å². The van der Waals surface area contributed by atoms with Crippen molar-refractivity contribution in [3.8, 4) is 12.8 Å². The summed E-state index contributed by atoms with van der Waals surface area (Å²) >= 11 is 3.35. The van der Waals surface area contributed by atoms with Crippen LogP contribution in [0.5, 0.6) is 0 Å². The Balaban J connectivity index is -0.000000998. The number of nitrogens with one attached hydrogen (secondary N) is 1. The average Bonchev–Trinajstić information content (AvgIpc) is 2.91. The molecule has 0 radical (unpaired) electrons. The molecule has 0 fully saturated rings. The number of hydrogen-bond donors (Lipinski definition) is 1. The van der Waals surface area contributed by atoms with Gasteiger partial charge in [-0.05, 0) is 71.6 Å². The van der Waals surface area contributed by atoms with Gasteiger partial charge in [-0.1, -0.05) is 80.4 Å². The number of benzene rings is 1. The largest absolute Gasteiger partial charge is 0.444 e. The van der Waals surface area contributed by atoms with Crippen molar-refractivity contribution in [2.45, 2.75) is 93.8 Å². The third-order valence-corrected chi connectivity index (χ3v) is 7.22. The molecule has 0 aliphatic heterocycles. The highest BCUT2D eigenvalue weighted by Gasteiger charge is 2.26. The average molecular weight is 660 g/mol. The highest BCUT2D eigenvalue weighted by atomic mass is 79.9. The molecule has 0 aliphatic carbocycles. The Kier molecular flexibility index (Phi) is 25.9. The number of methoxy groups -OCH3 is 1. The van der Waals surface area contributed by atoms with E-state index in [0.29, 0.717) is 32.5 Å². The smallest absolute Gasteiger partial charge is 0.407 e. The Morgan fingerprint density at radius 1 is 1.12 bits per heavy atom. The summed E-state index contributed by atoms with van der Waals surface area (Å²) in [6.07, 6.45) is 13.5. The van der Waals surface area contributed by atoms with Crippen LogP contribution < -0.4 is 5.32 Å². The van der Waals surface area contributed by atoms with E-state index in [1.807, 2.05) is 53.7 Å². The molecule has 0 bridgehead atoms. The second-order valence-electron chi connectivity index (χ2n) is 10.1. The SMILES string of the molecule is C#C.CC.CC/C=C(\C=C/C(C)OC)S(=O)(=O)N(CCCNC(=O)OC(C)(C)C)CC(C)C.Cc1ccc(Br)cc1. The Morgan fingerprint density at radius 2 is 1.66 bits per heavy atom. The van der Waals surface area contributed by atoms with Gasteiger partial charge in [0.05, 0.1) is 11.0 Å². The number of carbonyl (C=O) groups excluding carboxylic acids is 1. The number of aryl methyl sites for hydroxylation is 1. The maximum absolute atomic E-state index is 13.2. The fourth-order valence-electron chi connectivity index (χ4n) is 2.93. The summed E-state index contributed by atoms with van der Waals surface area (Å²) in [7, 11) is -2.07. The van der Waals surface area contributed by atoms with Gasteiger partial charge in [-0.2, -0.15) is 4.31 Å². The van der Waals surface area contributed by atoms with Crippen molar-refractivity contribution >= 4 is 32.0 Å². The van der Waals surface area contributed by atoms with Crippen molar-refractivity contribution in [1.29, 1.82) is 0 Å². The van der Waals surface area contributed by atoms with E-state index in [2.05, 4.69) is 53.1 Å². The van der Waals surface area contributed by atoms with Crippen LogP contribution in [0.2, 0.25) is 0 Å². The standard InChI is InChI=1S/C21H40N2O5S.C7H7Br.C2H6.C2H2/c1-9-11-19(13-12-18(4)27-8)29(25,26)23(16-17(2)3)15-10-14-22-20(24)28-21(5,6)7;1-6-2-4-7(8)5-3-6;2*1-2/h11-13,17-18H,9-10,14-16H2,1-8H3,(H,22,24);2-5H,1H3;1-2H3;1-2H/b13-12-,19-11+;;;. The third-order valence-electron chi connectivity index (χ3n) is 4.78. The van der Waals surface area contributed by atoms with Crippen molar-refractivity contribution in [2.75, 3.05) is 26.7 Å². The van der Waals surface area contributed by atoms with Gasteiger partial charge in [-0.3, -0.25) is 0 Å². The molecule has 1 aromatic carbocycles. The zero-order valence-electron chi connectivity index (χ0n) is 27.2. The van der Waals surface area contributed by atoms with Crippen molar-refractivity contribution in [3.63, 3.8) is 0 Å². The second kappa shape index (κ2) is 24.5. The lowest BCUT2D eigenvalue weighted by molar-refractivity contribution is 0.0526. The number of nitrogens with zero attached hydrogens (tertiary/aromatic N) is 1. The number of rotatable bonds is 12. The molecule has 0 heterocycles. The molecule has 0 spiro atoms. The molecule has 0 saturated heterocycles. The number of allylic oxidation sites excluding steroid dienone is 2. The Morgan fingerprint density at radius 3 is 2.07 bits per heavy atom. The first-order valence-corrected chi connectivity index (χ1v) is 16.3. The van der Waals surface area contributed by atoms with Gasteiger partial charge in [-0.25, -0.2) is 13.2 Å². The van der Waals surface area contributed by atoms with E-state index in [0.717, 1.165) is 4.47 Å². The minimum Gasteiger partial charge on any atom is -0.444 e. The molecule has 1 rings (SSSR count). The number of ether oxygens (including phenoxy) is 2. The summed E-state index contributed by atoms with van der Waals surface area (Å²) in [4.78, 5) is 12.0. The molecule has 1 unspecified atom stereocenters. The number of hydrogen-bond acceptors (Lipinski definition) is 5. The summed E-state index contributed by atoms with van der Waals surface area (Å²) in [5.41, 5.74) is 0.732. The van der Waals surface area contributed by atoms with Gasteiger partial charge in [0.2, 0.25) is 10.0 Å². The molecule has 236 valence electrons.